The van der Waals surface area contributed by atoms with Crippen LogP contribution in [0.4, 0.5) is 0 Å². The van der Waals surface area contributed by atoms with Gasteiger partial charge in [0.25, 0.3) is 0 Å². The third kappa shape index (κ3) is 5.16. The molecule has 0 spiro atoms. The third-order valence-corrected chi connectivity index (χ3v) is 5.58. The monoisotopic (exact) mass is 326 g/mol. The van der Waals surface area contributed by atoms with E-state index < -0.39 is 0 Å². The van der Waals surface area contributed by atoms with Gasteiger partial charge < -0.3 is 20.1 Å². The fourth-order valence-corrected chi connectivity index (χ4v) is 3.97. The van der Waals surface area contributed by atoms with E-state index in [0.717, 1.165) is 44.1 Å². The minimum atomic E-state index is -0.00535. The summed E-state index contributed by atoms with van der Waals surface area (Å²) in [6, 6.07) is 0.00535. The Kier molecular flexibility index (Phi) is 7.31. The van der Waals surface area contributed by atoms with E-state index in [4.69, 9.17) is 15.2 Å². The van der Waals surface area contributed by atoms with Crippen LogP contribution in [0.3, 0.4) is 0 Å². The van der Waals surface area contributed by atoms with Crippen molar-refractivity contribution in [3.63, 3.8) is 0 Å². The summed E-state index contributed by atoms with van der Waals surface area (Å²) in [5.74, 6) is 1.64. The van der Waals surface area contributed by atoms with Gasteiger partial charge in [-0.05, 0) is 50.4 Å². The van der Waals surface area contributed by atoms with Gasteiger partial charge in [-0.25, -0.2) is 0 Å². The second-order valence-corrected chi connectivity index (χ2v) is 7.51. The Morgan fingerprint density at radius 3 is 2.52 bits per heavy atom. The number of amides is 1. The van der Waals surface area contributed by atoms with E-state index in [9.17, 15) is 4.79 Å². The summed E-state index contributed by atoms with van der Waals surface area (Å²) in [4.78, 5) is 14.1. The zero-order valence-electron chi connectivity index (χ0n) is 15.0. The standard InChI is InChI=1S/C18H34N2O3/c1-13(2)14-6-8-15(9-7-14)23-11-17-16(19)5-4-10-20(17)18(21)12-22-3/h13-17H,4-12,19H2,1-3H3/t14-,15+,16-,17-/m0/s1. The van der Waals surface area contributed by atoms with Gasteiger partial charge in [0.2, 0.25) is 5.91 Å². The fraction of sp³-hybridized carbons (Fsp3) is 0.944. The molecule has 134 valence electrons. The lowest BCUT2D eigenvalue weighted by molar-refractivity contribution is -0.142. The first-order chi connectivity index (χ1) is 11.0. The lowest BCUT2D eigenvalue weighted by Crippen LogP contribution is -2.57. The summed E-state index contributed by atoms with van der Waals surface area (Å²) in [7, 11) is 1.56. The predicted molar refractivity (Wildman–Crippen MR) is 91.1 cm³/mol. The lowest BCUT2D eigenvalue weighted by Gasteiger charge is -2.40. The lowest BCUT2D eigenvalue weighted by atomic mass is 9.80. The van der Waals surface area contributed by atoms with Crippen molar-refractivity contribution in [2.45, 2.75) is 70.6 Å². The molecule has 2 fully saturated rings. The molecule has 0 aromatic heterocycles. The highest BCUT2D eigenvalue weighted by molar-refractivity contribution is 5.78. The van der Waals surface area contributed by atoms with Crippen molar-refractivity contribution >= 4 is 5.91 Å². The number of nitrogens with zero attached hydrogens (tertiary/aromatic N) is 1. The number of likely N-dealkylation sites (tertiary alicyclic amines) is 1. The summed E-state index contributed by atoms with van der Waals surface area (Å²) < 4.78 is 11.2. The van der Waals surface area contributed by atoms with Gasteiger partial charge in [0.05, 0.1) is 18.8 Å². The Hall–Kier alpha value is -0.650. The molecule has 5 nitrogen and oxygen atoms in total. The van der Waals surface area contributed by atoms with E-state index in [-0.39, 0.29) is 24.6 Å². The second kappa shape index (κ2) is 9.00. The van der Waals surface area contributed by atoms with E-state index >= 15 is 0 Å². The number of piperidine rings is 1. The first-order valence-corrected chi connectivity index (χ1v) is 9.18. The Balaban J connectivity index is 1.83. The van der Waals surface area contributed by atoms with Crippen LogP contribution >= 0.6 is 0 Å². The summed E-state index contributed by atoms with van der Waals surface area (Å²) in [6.07, 6.45) is 7.04. The van der Waals surface area contributed by atoms with Crippen molar-refractivity contribution in [1.82, 2.24) is 4.90 Å². The van der Waals surface area contributed by atoms with Gasteiger partial charge in [-0.1, -0.05) is 13.8 Å². The average molecular weight is 326 g/mol. The largest absolute Gasteiger partial charge is 0.376 e. The normalized spacial score (nSPS) is 32.3. The van der Waals surface area contributed by atoms with Gasteiger partial charge in [0.1, 0.15) is 6.61 Å². The predicted octanol–water partition coefficient (Wildman–Crippen LogP) is 2.18. The molecule has 0 unspecified atom stereocenters. The smallest absolute Gasteiger partial charge is 0.248 e. The van der Waals surface area contributed by atoms with Crippen molar-refractivity contribution in [2.75, 3.05) is 26.9 Å². The molecular formula is C18H34N2O3. The number of rotatable bonds is 6. The fourth-order valence-electron chi connectivity index (χ4n) is 3.97. The van der Waals surface area contributed by atoms with Gasteiger partial charge in [-0.2, -0.15) is 0 Å². The van der Waals surface area contributed by atoms with E-state index in [1.165, 1.54) is 12.8 Å². The van der Waals surface area contributed by atoms with Crippen LogP contribution in [0.2, 0.25) is 0 Å². The van der Waals surface area contributed by atoms with Crippen LogP contribution < -0.4 is 5.73 Å². The molecule has 2 aliphatic rings. The van der Waals surface area contributed by atoms with Crippen molar-refractivity contribution in [1.29, 1.82) is 0 Å². The third-order valence-electron chi connectivity index (χ3n) is 5.58. The molecule has 5 heteroatoms. The molecule has 1 saturated carbocycles. The molecule has 1 aliphatic heterocycles. The number of hydrogen-bond donors (Lipinski definition) is 1. The van der Waals surface area contributed by atoms with Crippen molar-refractivity contribution in [2.24, 2.45) is 17.6 Å². The Morgan fingerprint density at radius 1 is 1.22 bits per heavy atom. The summed E-state index contributed by atoms with van der Waals surface area (Å²) in [5, 5.41) is 0. The Labute approximate surface area is 140 Å². The maximum atomic E-state index is 12.2. The second-order valence-electron chi connectivity index (χ2n) is 7.51. The summed E-state index contributed by atoms with van der Waals surface area (Å²) in [6.45, 7) is 6.08. The molecule has 0 aromatic carbocycles. The van der Waals surface area contributed by atoms with Gasteiger partial charge in [-0.3, -0.25) is 4.79 Å². The number of hydrogen-bond acceptors (Lipinski definition) is 4. The molecule has 1 aliphatic carbocycles. The van der Waals surface area contributed by atoms with Crippen LogP contribution in [-0.2, 0) is 14.3 Å². The van der Waals surface area contributed by atoms with Crippen molar-refractivity contribution in [3.05, 3.63) is 0 Å². The number of carbonyl (C=O) groups is 1. The zero-order valence-corrected chi connectivity index (χ0v) is 15.0. The topological polar surface area (TPSA) is 64.8 Å². The number of nitrogens with two attached hydrogens (primary N) is 1. The van der Waals surface area contributed by atoms with E-state index in [2.05, 4.69) is 13.8 Å². The highest BCUT2D eigenvalue weighted by atomic mass is 16.5. The minimum absolute atomic E-state index is 0.00535. The maximum Gasteiger partial charge on any atom is 0.248 e. The van der Waals surface area contributed by atoms with E-state index in [1.807, 2.05) is 4.90 Å². The highest BCUT2D eigenvalue weighted by Crippen LogP contribution is 2.31. The zero-order chi connectivity index (χ0) is 16.8. The van der Waals surface area contributed by atoms with Crippen LogP contribution in [-0.4, -0.2) is 55.9 Å². The molecule has 0 radical (unpaired) electrons. The van der Waals surface area contributed by atoms with E-state index in [0.29, 0.717) is 12.7 Å². The first kappa shape index (κ1) is 18.7. The molecule has 2 rings (SSSR count). The SMILES string of the molecule is COCC(=O)N1CCC[C@H](N)[C@@H]1CO[C@H]1CC[C@@H](C(C)C)CC1. The van der Waals surface area contributed by atoms with Crippen LogP contribution in [0.1, 0.15) is 52.4 Å². The van der Waals surface area contributed by atoms with Crippen LogP contribution in [0, 0.1) is 11.8 Å². The minimum Gasteiger partial charge on any atom is -0.376 e. The summed E-state index contributed by atoms with van der Waals surface area (Å²) >= 11 is 0. The molecule has 0 aromatic rings. The molecule has 1 saturated heterocycles. The molecule has 2 atom stereocenters. The number of carbonyl (C=O) groups excluding carboxylic acids is 1. The molecule has 0 bridgehead atoms. The molecular weight excluding hydrogens is 292 g/mol. The number of ether oxygens (including phenoxy) is 2. The van der Waals surface area contributed by atoms with Gasteiger partial charge in [0, 0.05) is 19.7 Å². The molecule has 1 heterocycles. The first-order valence-electron chi connectivity index (χ1n) is 9.18. The van der Waals surface area contributed by atoms with E-state index in [1.54, 1.807) is 7.11 Å². The van der Waals surface area contributed by atoms with Gasteiger partial charge in [0.15, 0.2) is 0 Å². The number of methoxy groups -OCH3 is 1. The van der Waals surface area contributed by atoms with Crippen molar-refractivity contribution in [3.8, 4) is 0 Å². The van der Waals surface area contributed by atoms with Crippen LogP contribution in [0.15, 0.2) is 0 Å². The Morgan fingerprint density at radius 2 is 1.91 bits per heavy atom. The van der Waals surface area contributed by atoms with Crippen LogP contribution in [0.5, 0.6) is 0 Å². The van der Waals surface area contributed by atoms with Gasteiger partial charge >= 0.3 is 0 Å². The summed E-state index contributed by atoms with van der Waals surface area (Å²) in [5.41, 5.74) is 6.27. The van der Waals surface area contributed by atoms with Crippen LogP contribution in [0.25, 0.3) is 0 Å². The van der Waals surface area contributed by atoms with Crippen molar-refractivity contribution < 1.29 is 14.3 Å². The average Bonchev–Trinajstić information content (AvgIpc) is 2.54. The Bertz CT molecular complexity index is 367. The maximum absolute atomic E-state index is 12.2. The molecule has 1 amide bonds. The highest BCUT2D eigenvalue weighted by Gasteiger charge is 2.33. The molecule has 23 heavy (non-hydrogen) atoms. The molecule has 2 N–H and O–H groups in total. The quantitative estimate of drug-likeness (QED) is 0.812. The van der Waals surface area contributed by atoms with Gasteiger partial charge in [-0.15, -0.1) is 0 Å².